The van der Waals surface area contributed by atoms with Crippen LogP contribution < -0.4 is 5.32 Å². The summed E-state index contributed by atoms with van der Waals surface area (Å²) in [7, 11) is 0. The smallest absolute Gasteiger partial charge is 0.226 e. The van der Waals surface area contributed by atoms with Crippen molar-refractivity contribution in [2.75, 3.05) is 0 Å². The number of hydrogen-bond acceptors (Lipinski definition) is 3. The molecule has 4 aromatic rings. The maximum Gasteiger partial charge on any atom is 0.226 e. The van der Waals surface area contributed by atoms with Gasteiger partial charge in [-0.2, -0.15) is 5.10 Å². The molecule has 0 spiro atoms. The number of nitrogens with one attached hydrogen (secondary N) is 1. The Kier molecular flexibility index (Phi) is 8.64. The molecule has 0 radical (unpaired) electrons. The highest BCUT2D eigenvalue weighted by atomic mass is 19.1. The zero-order valence-electron chi connectivity index (χ0n) is 22.3. The van der Waals surface area contributed by atoms with Gasteiger partial charge in [-0.15, -0.1) is 0 Å². The minimum atomic E-state index is -0.287. The Bertz CT molecular complexity index is 1450. The maximum absolute atomic E-state index is 13.6. The number of halogens is 1. The first kappa shape index (κ1) is 26.7. The molecule has 3 aromatic carbocycles. The van der Waals surface area contributed by atoms with E-state index in [9.17, 15) is 9.18 Å². The SMILES string of the molecule is C/C=C(/CC(=O)NCc1cccc(-c2ccccc2)c1)N=C(C)c1cnn(C(C)C)c1-c1ccc(F)cc1. The number of amides is 1. The summed E-state index contributed by atoms with van der Waals surface area (Å²) in [6.07, 6.45) is 3.80. The van der Waals surface area contributed by atoms with Crippen molar-refractivity contribution in [1.29, 1.82) is 0 Å². The molecule has 194 valence electrons. The van der Waals surface area contributed by atoms with Gasteiger partial charge in [-0.25, -0.2) is 4.39 Å². The average Bonchev–Trinajstić information content (AvgIpc) is 3.38. The number of nitrogens with zero attached hydrogens (tertiary/aromatic N) is 3. The maximum atomic E-state index is 13.6. The fraction of sp³-hybridized carbons (Fsp3) is 0.219. The molecule has 0 aliphatic carbocycles. The van der Waals surface area contributed by atoms with Crippen LogP contribution in [0, 0.1) is 5.82 Å². The zero-order chi connectivity index (χ0) is 27.1. The molecule has 0 bridgehead atoms. The molecule has 1 N–H and O–H groups in total. The van der Waals surface area contributed by atoms with Crippen LogP contribution in [0.25, 0.3) is 22.4 Å². The van der Waals surface area contributed by atoms with Gasteiger partial charge in [0.15, 0.2) is 0 Å². The van der Waals surface area contributed by atoms with Gasteiger partial charge in [0.25, 0.3) is 0 Å². The fourth-order valence-electron chi connectivity index (χ4n) is 4.31. The van der Waals surface area contributed by atoms with E-state index in [-0.39, 0.29) is 24.2 Å². The second-order valence-electron chi connectivity index (χ2n) is 9.45. The van der Waals surface area contributed by atoms with Gasteiger partial charge in [0.05, 0.1) is 18.3 Å². The Morgan fingerprint density at radius 3 is 2.39 bits per heavy atom. The number of carbonyl (C=O) groups excluding carboxylic acids is 1. The van der Waals surface area contributed by atoms with E-state index in [1.54, 1.807) is 18.3 Å². The standard InChI is InChI=1S/C32H33FN4O/c1-5-29(19-31(38)34-20-24-10-9-13-27(18-24)25-11-7-6-8-12-25)36-23(4)30-21-35-37(22(2)3)32(30)26-14-16-28(33)17-15-26/h5-18,21-22H,19-20H2,1-4H3,(H,34,38)/b29-5-,36-23?. The molecule has 0 fully saturated rings. The van der Waals surface area contributed by atoms with Gasteiger partial charge in [0.1, 0.15) is 5.82 Å². The van der Waals surface area contributed by atoms with Crippen molar-refractivity contribution in [1.82, 2.24) is 15.1 Å². The van der Waals surface area contributed by atoms with Crippen LogP contribution in [-0.2, 0) is 11.3 Å². The lowest BCUT2D eigenvalue weighted by molar-refractivity contribution is -0.120. The first-order valence-corrected chi connectivity index (χ1v) is 12.8. The van der Waals surface area contributed by atoms with E-state index in [1.165, 1.54) is 12.1 Å². The first-order chi connectivity index (χ1) is 18.4. The summed E-state index contributed by atoms with van der Waals surface area (Å²) in [5.41, 5.74) is 7.29. The van der Waals surface area contributed by atoms with Crippen LogP contribution in [0.15, 0.2) is 102 Å². The van der Waals surface area contributed by atoms with E-state index in [0.717, 1.165) is 39.2 Å². The molecule has 1 heterocycles. The second-order valence-corrected chi connectivity index (χ2v) is 9.45. The molecule has 0 aliphatic heterocycles. The van der Waals surface area contributed by atoms with Crippen LogP contribution in [0.3, 0.4) is 0 Å². The molecule has 6 heteroatoms. The van der Waals surface area contributed by atoms with Crippen molar-refractivity contribution in [3.05, 3.63) is 114 Å². The van der Waals surface area contributed by atoms with Gasteiger partial charge < -0.3 is 5.32 Å². The van der Waals surface area contributed by atoms with Crippen molar-refractivity contribution < 1.29 is 9.18 Å². The van der Waals surface area contributed by atoms with E-state index in [4.69, 9.17) is 4.99 Å². The molecule has 38 heavy (non-hydrogen) atoms. The normalized spacial score (nSPS) is 12.2. The quantitative estimate of drug-likeness (QED) is 0.240. The minimum Gasteiger partial charge on any atom is -0.352 e. The predicted molar refractivity (Wildman–Crippen MR) is 152 cm³/mol. The second kappa shape index (κ2) is 12.3. The molecule has 4 rings (SSSR count). The summed E-state index contributed by atoms with van der Waals surface area (Å²) in [5, 5.41) is 7.58. The monoisotopic (exact) mass is 508 g/mol. The van der Waals surface area contributed by atoms with Gasteiger partial charge in [-0.05, 0) is 74.7 Å². The van der Waals surface area contributed by atoms with Crippen LogP contribution in [-0.4, -0.2) is 21.4 Å². The number of aromatic nitrogens is 2. The van der Waals surface area contributed by atoms with E-state index in [0.29, 0.717) is 12.2 Å². The molecule has 1 aromatic heterocycles. The van der Waals surface area contributed by atoms with E-state index >= 15 is 0 Å². The number of aliphatic imine (C=N–C) groups is 1. The largest absolute Gasteiger partial charge is 0.352 e. The molecule has 0 saturated carbocycles. The van der Waals surface area contributed by atoms with E-state index in [2.05, 4.69) is 34.7 Å². The lowest BCUT2D eigenvalue weighted by Gasteiger charge is -2.13. The molecular formula is C32H33FN4O. The molecule has 0 unspecified atom stereocenters. The third kappa shape index (κ3) is 6.51. The number of rotatable bonds is 9. The molecule has 0 aliphatic rings. The summed E-state index contributed by atoms with van der Waals surface area (Å²) in [4.78, 5) is 17.6. The van der Waals surface area contributed by atoms with Crippen molar-refractivity contribution in [3.8, 4) is 22.4 Å². The summed E-state index contributed by atoms with van der Waals surface area (Å²) in [6, 6.07) is 24.8. The van der Waals surface area contributed by atoms with E-state index < -0.39 is 0 Å². The van der Waals surface area contributed by atoms with Crippen molar-refractivity contribution in [2.24, 2.45) is 4.99 Å². The Labute approximate surface area is 223 Å². The van der Waals surface area contributed by atoms with Crippen LogP contribution in [0.4, 0.5) is 4.39 Å². The van der Waals surface area contributed by atoms with Crippen molar-refractivity contribution >= 4 is 11.6 Å². The van der Waals surface area contributed by atoms with Crippen molar-refractivity contribution in [3.63, 3.8) is 0 Å². The third-order valence-corrected chi connectivity index (χ3v) is 6.30. The minimum absolute atomic E-state index is 0.101. The number of benzene rings is 3. The van der Waals surface area contributed by atoms with Crippen molar-refractivity contribution in [2.45, 2.75) is 46.7 Å². The summed E-state index contributed by atoms with van der Waals surface area (Å²) >= 11 is 0. The molecule has 5 nitrogen and oxygen atoms in total. The van der Waals surface area contributed by atoms with Gasteiger partial charge in [0, 0.05) is 35.1 Å². The Morgan fingerprint density at radius 2 is 1.71 bits per heavy atom. The van der Waals surface area contributed by atoms with Gasteiger partial charge in [-0.3, -0.25) is 14.5 Å². The molecule has 0 atom stereocenters. The van der Waals surface area contributed by atoms with Gasteiger partial charge in [-0.1, -0.05) is 54.6 Å². The topological polar surface area (TPSA) is 59.3 Å². The summed E-state index contributed by atoms with van der Waals surface area (Å²) in [5.74, 6) is -0.387. The number of allylic oxidation sites excluding steroid dienone is 1. The van der Waals surface area contributed by atoms with E-state index in [1.807, 2.05) is 68.8 Å². The Hall–Kier alpha value is -4.32. The van der Waals surface area contributed by atoms with Gasteiger partial charge >= 0.3 is 0 Å². The third-order valence-electron chi connectivity index (χ3n) is 6.30. The highest BCUT2D eigenvalue weighted by molar-refractivity contribution is 6.04. The Balaban J connectivity index is 1.47. The molecule has 0 saturated heterocycles. The predicted octanol–water partition coefficient (Wildman–Crippen LogP) is 7.36. The number of hydrogen-bond donors (Lipinski definition) is 1. The van der Waals surface area contributed by atoms with Crippen LogP contribution >= 0.6 is 0 Å². The summed E-state index contributed by atoms with van der Waals surface area (Å²) in [6.45, 7) is 8.32. The highest BCUT2D eigenvalue weighted by Crippen LogP contribution is 2.28. The lowest BCUT2D eigenvalue weighted by atomic mass is 10.0. The Morgan fingerprint density at radius 1 is 1.00 bits per heavy atom. The number of carbonyl (C=O) groups is 1. The highest BCUT2D eigenvalue weighted by Gasteiger charge is 2.18. The first-order valence-electron chi connectivity index (χ1n) is 12.8. The van der Waals surface area contributed by atoms with Crippen LogP contribution in [0.1, 0.15) is 51.3 Å². The molecule has 1 amide bonds. The summed E-state index contributed by atoms with van der Waals surface area (Å²) < 4.78 is 15.5. The molecular weight excluding hydrogens is 475 g/mol. The van der Waals surface area contributed by atoms with Crippen LogP contribution in [0.2, 0.25) is 0 Å². The zero-order valence-corrected chi connectivity index (χ0v) is 22.3. The fourth-order valence-corrected chi connectivity index (χ4v) is 4.31. The van der Waals surface area contributed by atoms with Gasteiger partial charge in [0.2, 0.25) is 5.91 Å². The average molecular weight is 509 g/mol. The van der Waals surface area contributed by atoms with Crippen LogP contribution in [0.5, 0.6) is 0 Å². The lowest BCUT2D eigenvalue weighted by Crippen LogP contribution is -2.22.